The van der Waals surface area contributed by atoms with Crippen molar-refractivity contribution in [2.45, 2.75) is 25.3 Å². The van der Waals surface area contributed by atoms with Crippen molar-refractivity contribution in [1.82, 2.24) is 14.4 Å². The highest BCUT2D eigenvalue weighted by Crippen LogP contribution is 2.23. The first-order valence-electron chi connectivity index (χ1n) is 9.68. The number of amides is 1. The molecule has 7 heteroatoms. The fourth-order valence-electron chi connectivity index (χ4n) is 4.42. The van der Waals surface area contributed by atoms with Gasteiger partial charge in [-0.2, -0.15) is 0 Å². The molecule has 2 aliphatic rings. The molecule has 2 saturated heterocycles. The fraction of sp³-hybridized carbons (Fsp3) is 0.550. The highest BCUT2D eigenvalue weighted by molar-refractivity contribution is 7.91. The van der Waals surface area contributed by atoms with E-state index in [1.807, 2.05) is 24.1 Å². The Morgan fingerprint density at radius 1 is 1.07 bits per heavy atom. The predicted octanol–water partition coefficient (Wildman–Crippen LogP) is 1.44. The number of carbonyl (C=O) groups excluding carboxylic acids is 1. The molecule has 0 aliphatic carbocycles. The van der Waals surface area contributed by atoms with Crippen LogP contribution < -0.4 is 0 Å². The van der Waals surface area contributed by atoms with Gasteiger partial charge >= 0.3 is 0 Å². The van der Waals surface area contributed by atoms with Crippen molar-refractivity contribution in [3.05, 3.63) is 36.0 Å². The van der Waals surface area contributed by atoms with Crippen LogP contribution in [0.15, 0.2) is 30.5 Å². The Balaban J connectivity index is 1.35. The molecule has 1 aromatic carbocycles. The molecule has 146 valence electrons. The van der Waals surface area contributed by atoms with Gasteiger partial charge in [0.25, 0.3) is 0 Å². The number of sulfone groups is 1. The summed E-state index contributed by atoms with van der Waals surface area (Å²) in [6, 6.07) is 8.53. The Morgan fingerprint density at radius 2 is 1.74 bits per heavy atom. The van der Waals surface area contributed by atoms with Crippen LogP contribution in [0, 0.1) is 0 Å². The number of nitrogens with zero attached hydrogens (tertiary/aromatic N) is 3. The van der Waals surface area contributed by atoms with E-state index >= 15 is 0 Å². The number of para-hydroxylation sites is 1. The van der Waals surface area contributed by atoms with E-state index in [1.54, 1.807) is 0 Å². The SMILES string of the molecule is Cn1cc(CC(=O)N2CCN(C3CCS(=O)(=O)CC3)CC2)c2ccccc21. The van der Waals surface area contributed by atoms with Gasteiger partial charge in [0.1, 0.15) is 9.84 Å². The first-order valence-corrected chi connectivity index (χ1v) is 11.5. The zero-order chi connectivity index (χ0) is 19.0. The summed E-state index contributed by atoms with van der Waals surface area (Å²) in [7, 11) is -0.809. The molecular weight excluding hydrogens is 362 g/mol. The second-order valence-electron chi connectivity index (χ2n) is 7.76. The third-order valence-electron chi connectivity index (χ3n) is 6.03. The van der Waals surface area contributed by atoms with Gasteiger partial charge in [-0.3, -0.25) is 9.69 Å². The van der Waals surface area contributed by atoms with E-state index < -0.39 is 9.84 Å². The molecule has 4 rings (SSSR count). The summed E-state index contributed by atoms with van der Waals surface area (Å²) in [4.78, 5) is 17.1. The van der Waals surface area contributed by atoms with Crippen molar-refractivity contribution in [2.75, 3.05) is 37.7 Å². The van der Waals surface area contributed by atoms with Crippen molar-refractivity contribution in [2.24, 2.45) is 7.05 Å². The molecule has 2 fully saturated rings. The van der Waals surface area contributed by atoms with E-state index in [1.165, 1.54) is 0 Å². The molecule has 2 aliphatic heterocycles. The Hall–Kier alpha value is -1.86. The fourth-order valence-corrected chi connectivity index (χ4v) is 5.89. The van der Waals surface area contributed by atoms with Crippen molar-refractivity contribution in [3.63, 3.8) is 0 Å². The summed E-state index contributed by atoms with van der Waals surface area (Å²) < 4.78 is 25.3. The van der Waals surface area contributed by atoms with Crippen molar-refractivity contribution in [1.29, 1.82) is 0 Å². The largest absolute Gasteiger partial charge is 0.350 e. The van der Waals surface area contributed by atoms with Gasteiger partial charge in [-0.05, 0) is 24.5 Å². The molecule has 0 atom stereocenters. The number of fused-ring (bicyclic) bond motifs is 1. The van der Waals surface area contributed by atoms with Gasteiger partial charge in [-0.15, -0.1) is 0 Å². The molecule has 6 nitrogen and oxygen atoms in total. The maximum atomic E-state index is 12.8. The van der Waals surface area contributed by atoms with Crippen LogP contribution in [-0.4, -0.2) is 72.4 Å². The Labute approximate surface area is 160 Å². The predicted molar refractivity (Wildman–Crippen MR) is 106 cm³/mol. The topological polar surface area (TPSA) is 62.6 Å². The second-order valence-corrected chi connectivity index (χ2v) is 10.1. The molecule has 0 saturated carbocycles. The molecule has 3 heterocycles. The van der Waals surface area contributed by atoms with Crippen LogP contribution in [0.25, 0.3) is 10.9 Å². The highest BCUT2D eigenvalue weighted by atomic mass is 32.2. The van der Waals surface area contributed by atoms with Gasteiger partial charge in [0.2, 0.25) is 5.91 Å². The molecule has 27 heavy (non-hydrogen) atoms. The maximum absolute atomic E-state index is 12.8. The number of aryl methyl sites for hydroxylation is 1. The van der Waals surface area contributed by atoms with Crippen LogP contribution in [0.2, 0.25) is 0 Å². The van der Waals surface area contributed by atoms with Gasteiger partial charge in [0.05, 0.1) is 17.9 Å². The lowest BCUT2D eigenvalue weighted by molar-refractivity contribution is -0.132. The van der Waals surface area contributed by atoms with E-state index in [-0.39, 0.29) is 5.91 Å². The van der Waals surface area contributed by atoms with Crippen LogP contribution in [0.1, 0.15) is 18.4 Å². The standard InChI is InChI=1S/C20H27N3O3S/c1-21-15-16(18-4-2-3-5-19(18)21)14-20(24)23-10-8-22(9-11-23)17-6-12-27(25,26)13-7-17/h2-5,15,17H,6-14H2,1H3. The van der Waals surface area contributed by atoms with Crippen molar-refractivity contribution in [3.8, 4) is 0 Å². The number of piperazine rings is 1. The van der Waals surface area contributed by atoms with Gasteiger partial charge < -0.3 is 9.47 Å². The Bertz CT molecular complexity index is 929. The zero-order valence-corrected chi connectivity index (χ0v) is 16.6. The maximum Gasteiger partial charge on any atom is 0.227 e. The third-order valence-corrected chi connectivity index (χ3v) is 7.74. The van der Waals surface area contributed by atoms with E-state index in [0.29, 0.717) is 24.0 Å². The second kappa shape index (κ2) is 7.28. The van der Waals surface area contributed by atoms with Gasteiger partial charge in [-0.25, -0.2) is 8.42 Å². The monoisotopic (exact) mass is 389 g/mol. The number of hydrogen-bond acceptors (Lipinski definition) is 4. The van der Waals surface area contributed by atoms with Crippen LogP contribution in [0.3, 0.4) is 0 Å². The van der Waals surface area contributed by atoms with Crippen LogP contribution in [-0.2, 0) is 28.1 Å². The lowest BCUT2D eigenvalue weighted by Gasteiger charge is -2.40. The number of benzene rings is 1. The van der Waals surface area contributed by atoms with Crippen molar-refractivity contribution < 1.29 is 13.2 Å². The third kappa shape index (κ3) is 3.89. The summed E-state index contributed by atoms with van der Waals surface area (Å²) in [5.41, 5.74) is 2.23. The number of carbonyl (C=O) groups is 1. The smallest absolute Gasteiger partial charge is 0.227 e. The lowest BCUT2D eigenvalue weighted by Crippen LogP contribution is -2.53. The first kappa shape index (κ1) is 18.5. The van der Waals surface area contributed by atoms with Gasteiger partial charge in [0.15, 0.2) is 0 Å². The molecule has 1 aromatic heterocycles. The average molecular weight is 390 g/mol. The normalized spacial score (nSPS) is 21.6. The molecule has 0 bridgehead atoms. The zero-order valence-electron chi connectivity index (χ0n) is 15.8. The highest BCUT2D eigenvalue weighted by Gasteiger charge is 2.31. The Morgan fingerprint density at radius 3 is 2.44 bits per heavy atom. The Kier molecular flexibility index (Phi) is 4.99. The molecule has 0 radical (unpaired) electrons. The number of aromatic nitrogens is 1. The first-order chi connectivity index (χ1) is 12.9. The molecule has 0 unspecified atom stereocenters. The molecule has 0 spiro atoms. The lowest BCUT2D eigenvalue weighted by atomic mass is 10.1. The molecule has 1 amide bonds. The van der Waals surface area contributed by atoms with E-state index in [2.05, 4.69) is 27.8 Å². The summed E-state index contributed by atoms with van der Waals surface area (Å²) in [5, 5.41) is 1.15. The summed E-state index contributed by atoms with van der Waals surface area (Å²) in [6.07, 6.45) is 3.95. The summed E-state index contributed by atoms with van der Waals surface area (Å²) in [5.74, 6) is 0.785. The molecule has 0 N–H and O–H groups in total. The quantitative estimate of drug-likeness (QED) is 0.797. The van der Waals surface area contributed by atoms with Gasteiger partial charge in [-0.1, -0.05) is 18.2 Å². The number of rotatable bonds is 3. The van der Waals surface area contributed by atoms with Crippen molar-refractivity contribution >= 4 is 26.6 Å². The molecule has 2 aromatic rings. The van der Waals surface area contributed by atoms with Gasteiger partial charge in [0, 0.05) is 56.4 Å². The minimum atomic E-state index is -2.82. The average Bonchev–Trinajstić information content (AvgIpc) is 2.98. The van der Waals surface area contributed by atoms with E-state index in [4.69, 9.17) is 0 Å². The summed E-state index contributed by atoms with van der Waals surface area (Å²) >= 11 is 0. The van der Waals surface area contributed by atoms with E-state index in [9.17, 15) is 13.2 Å². The summed E-state index contributed by atoms with van der Waals surface area (Å²) in [6.45, 7) is 3.14. The van der Waals surface area contributed by atoms with E-state index in [0.717, 1.165) is 55.5 Å². The minimum Gasteiger partial charge on any atom is -0.350 e. The number of hydrogen-bond donors (Lipinski definition) is 0. The van der Waals surface area contributed by atoms with Crippen LogP contribution in [0.4, 0.5) is 0 Å². The molecular formula is C20H27N3O3S. The minimum absolute atomic E-state index is 0.178. The van der Waals surface area contributed by atoms with Crippen LogP contribution in [0.5, 0.6) is 0 Å². The van der Waals surface area contributed by atoms with Crippen LogP contribution >= 0.6 is 0 Å².